The molecule has 0 heterocycles. The van der Waals surface area contributed by atoms with Gasteiger partial charge in [0.15, 0.2) is 0 Å². The SMILES string of the molecule is C#CCN(CCC)c1ccc(C(=O)O)c([N+](=O)[O-])c1. The molecule has 0 aliphatic rings. The number of benzene rings is 1. The lowest BCUT2D eigenvalue weighted by Crippen LogP contribution is -2.24. The van der Waals surface area contributed by atoms with E-state index in [2.05, 4.69) is 5.92 Å². The molecule has 1 rings (SSSR count). The Hall–Kier alpha value is -2.55. The molecule has 0 radical (unpaired) electrons. The summed E-state index contributed by atoms with van der Waals surface area (Å²) in [4.78, 5) is 22.9. The van der Waals surface area contributed by atoms with Crippen LogP contribution in [0.15, 0.2) is 18.2 Å². The second-order valence-electron chi connectivity index (χ2n) is 3.89. The van der Waals surface area contributed by atoms with Crippen LogP contribution in [0.1, 0.15) is 23.7 Å². The van der Waals surface area contributed by atoms with E-state index in [-0.39, 0.29) is 5.56 Å². The highest BCUT2D eigenvalue weighted by molar-refractivity contribution is 5.93. The Labute approximate surface area is 110 Å². The second kappa shape index (κ2) is 6.40. The number of hydrogen-bond acceptors (Lipinski definition) is 4. The van der Waals surface area contributed by atoms with Gasteiger partial charge in [-0.2, -0.15) is 0 Å². The zero-order valence-electron chi connectivity index (χ0n) is 10.5. The lowest BCUT2D eigenvalue weighted by molar-refractivity contribution is -0.385. The van der Waals surface area contributed by atoms with Gasteiger partial charge in [0.05, 0.1) is 11.5 Å². The lowest BCUT2D eigenvalue weighted by Gasteiger charge is -2.21. The summed E-state index contributed by atoms with van der Waals surface area (Å²) in [6, 6.07) is 4.01. The van der Waals surface area contributed by atoms with Crippen LogP contribution in [-0.2, 0) is 0 Å². The van der Waals surface area contributed by atoms with Crippen LogP contribution < -0.4 is 4.90 Å². The predicted octanol–water partition coefficient (Wildman–Crippen LogP) is 2.14. The van der Waals surface area contributed by atoms with Gasteiger partial charge in [-0.25, -0.2) is 4.79 Å². The van der Waals surface area contributed by atoms with Crippen LogP contribution in [0.25, 0.3) is 0 Å². The van der Waals surface area contributed by atoms with Gasteiger partial charge < -0.3 is 10.0 Å². The molecule has 6 nitrogen and oxygen atoms in total. The van der Waals surface area contributed by atoms with Crippen LogP contribution in [0.3, 0.4) is 0 Å². The fraction of sp³-hybridized carbons (Fsp3) is 0.308. The lowest BCUT2D eigenvalue weighted by atomic mass is 10.1. The molecule has 0 spiro atoms. The van der Waals surface area contributed by atoms with Gasteiger partial charge in [0.25, 0.3) is 5.69 Å². The van der Waals surface area contributed by atoms with Crippen molar-refractivity contribution in [3.8, 4) is 12.3 Å². The zero-order valence-corrected chi connectivity index (χ0v) is 10.5. The molecule has 1 aromatic carbocycles. The summed E-state index contributed by atoms with van der Waals surface area (Å²) in [5.74, 6) is 1.15. The minimum atomic E-state index is -1.32. The molecule has 0 amide bonds. The summed E-state index contributed by atoms with van der Waals surface area (Å²) < 4.78 is 0. The number of nitro benzene ring substituents is 1. The standard InChI is InChI=1S/C13H14N2O4/c1-3-7-14(8-4-2)10-5-6-11(13(16)17)12(9-10)15(18)19/h1,5-6,9H,4,7-8H2,2H3,(H,16,17). The van der Waals surface area contributed by atoms with E-state index in [1.165, 1.54) is 18.2 Å². The quantitative estimate of drug-likeness (QED) is 0.482. The Bertz CT molecular complexity index is 534. The fourth-order valence-electron chi connectivity index (χ4n) is 1.73. The molecule has 0 aliphatic heterocycles. The Morgan fingerprint density at radius 2 is 2.26 bits per heavy atom. The summed E-state index contributed by atoms with van der Waals surface area (Å²) >= 11 is 0. The first-order chi connectivity index (χ1) is 9.01. The Kier molecular flexibility index (Phi) is 4.89. The van der Waals surface area contributed by atoms with Crippen molar-refractivity contribution in [3.63, 3.8) is 0 Å². The third kappa shape index (κ3) is 3.45. The van der Waals surface area contributed by atoms with Crippen molar-refractivity contribution in [3.05, 3.63) is 33.9 Å². The van der Waals surface area contributed by atoms with Crippen molar-refractivity contribution < 1.29 is 14.8 Å². The highest BCUT2D eigenvalue weighted by Gasteiger charge is 2.21. The number of carboxylic acid groups (broad SMARTS) is 1. The molecule has 6 heteroatoms. The first-order valence-electron chi connectivity index (χ1n) is 5.71. The van der Waals surface area contributed by atoms with E-state index in [4.69, 9.17) is 11.5 Å². The Balaban J connectivity index is 3.23. The van der Waals surface area contributed by atoms with Crippen molar-refractivity contribution >= 4 is 17.3 Å². The van der Waals surface area contributed by atoms with E-state index in [0.29, 0.717) is 18.8 Å². The molecule has 0 aromatic heterocycles. The van der Waals surface area contributed by atoms with Crippen molar-refractivity contribution in [2.24, 2.45) is 0 Å². The minimum Gasteiger partial charge on any atom is -0.477 e. The van der Waals surface area contributed by atoms with Gasteiger partial charge in [0.1, 0.15) is 5.56 Å². The molecule has 100 valence electrons. The van der Waals surface area contributed by atoms with E-state index >= 15 is 0 Å². The third-order valence-electron chi connectivity index (χ3n) is 2.55. The number of nitrogens with zero attached hydrogens (tertiary/aromatic N) is 2. The summed E-state index contributed by atoms with van der Waals surface area (Å²) in [5, 5.41) is 19.8. The highest BCUT2D eigenvalue weighted by atomic mass is 16.6. The van der Waals surface area contributed by atoms with Crippen molar-refractivity contribution in [1.82, 2.24) is 0 Å². The maximum Gasteiger partial charge on any atom is 0.342 e. The van der Waals surface area contributed by atoms with Gasteiger partial charge in [-0.15, -0.1) is 6.42 Å². The maximum absolute atomic E-state index is 10.9. The molecule has 0 saturated carbocycles. The summed E-state index contributed by atoms with van der Waals surface area (Å²) in [5.41, 5.74) is -0.203. The fourth-order valence-corrected chi connectivity index (χ4v) is 1.73. The monoisotopic (exact) mass is 262 g/mol. The van der Waals surface area contributed by atoms with Crippen LogP contribution >= 0.6 is 0 Å². The summed E-state index contributed by atoms with van der Waals surface area (Å²) in [6.45, 7) is 2.93. The Morgan fingerprint density at radius 3 is 2.74 bits per heavy atom. The maximum atomic E-state index is 10.9. The van der Waals surface area contributed by atoms with Gasteiger partial charge in [0, 0.05) is 18.3 Å². The number of rotatable bonds is 6. The number of nitro groups is 1. The first kappa shape index (κ1) is 14.5. The number of aromatic carboxylic acids is 1. The highest BCUT2D eigenvalue weighted by Crippen LogP contribution is 2.25. The molecule has 19 heavy (non-hydrogen) atoms. The van der Waals surface area contributed by atoms with Crippen LogP contribution in [0.4, 0.5) is 11.4 Å². The molecule has 1 N–H and O–H groups in total. The van der Waals surface area contributed by atoms with Crippen LogP contribution in [0, 0.1) is 22.5 Å². The van der Waals surface area contributed by atoms with Gasteiger partial charge in [-0.3, -0.25) is 10.1 Å². The largest absolute Gasteiger partial charge is 0.477 e. The van der Waals surface area contributed by atoms with Crippen molar-refractivity contribution in [2.45, 2.75) is 13.3 Å². The molecule has 0 saturated heterocycles. The molecule has 0 aliphatic carbocycles. The predicted molar refractivity (Wildman–Crippen MR) is 71.4 cm³/mol. The van der Waals surface area contributed by atoms with Crippen molar-refractivity contribution in [2.75, 3.05) is 18.0 Å². The Morgan fingerprint density at radius 1 is 1.58 bits per heavy atom. The third-order valence-corrected chi connectivity index (χ3v) is 2.55. The van der Waals surface area contributed by atoms with Gasteiger partial charge in [0.2, 0.25) is 0 Å². The summed E-state index contributed by atoms with van der Waals surface area (Å²) in [6.07, 6.45) is 6.08. The average Bonchev–Trinajstić information content (AvgIpc) is 2.37. The molecule has 0 atom stereocenters. The van der Waals surface area contributed by atoms with Crippen LogP contribution in [-0.4, -0.2) is 29.1 Å². The van der Waals surface area contributed by atoms with Crippen LogP contribution in [0.5, 0.6) is 0 Å². The van der Waals surface area contributed by atoms with Gasteiger partial charge in [-0.05, 0) is 18.6 Å². The molecule has 0 unspecified atom stereocenters. The topological polar surface area (TPSA) is 83.7 Å². The van der Waals surface area contributed by atoms with E-state index in [1.54, 1.807) is 4.90 Å². The van der Waals surface area contributed by atoms with Crippen LogP contribution in [0.2, 0.25) is 0 Å². The molecule has 1 aromatic rings. The molecule has 0 fully saturated rings. The number of terminal acetylenes is 1. The zero-order chi connectivity index (χ0) is 14.4. The van der Waals surface area contributed by atoms with E-state index < -0.39 is 16.6 Å². The average molecular weight is 262 g/mol. The molecular formula is C13H14N2O4. The summed E-state index contributed by atoms with van der Waals surface area (Å²) in [7, 11) is 0. The number of carbonyl (C=O) groups is 1. The number of hydrogen-bond donors (Lipinski definition) is 1. The van der Waals surface area contributed by atoms with Gasteiger partial charge in [-0.1, -0.05) is 12.8 Å². The number of anilines is 1. The second-order valence-corrected chi connectivity index (χ2v) is 3.89. The normalized spacial score (nSPS) is 9.68. The smallest absolute Gasteiger partial charge is 0.342 e. The number of carboxylic acids is 1. The van der Waals surface area contributed by atoms with E-state index in [1.807, 2.05) is 6.92 Å². The molecule has 0 bridgehead atoms. The minimum absolute atomic E-state index is 0.317. The van der Waals surface area contributed by atoms with Crippen molar-refractivity contribution in [1.29, 1.82) is 0 Å². The molecular weight excluding hydrogens is 248 g/mol. The van der Waals surface area contributed by atoms with E-state index in [9.17, 15) is 14.9 Å². The van der Waals surface area contributed by atoms with E-state index in [0.717, 1.165) is 6.42 Å². The first-order valence-corrected chi connectivity index (χ1v) is 5.71. The van der Waals surface area contributed by atoms with Gasteiger partial charge >= 0.3 is 5.97 Å².